The van der Waals surface area contributed by atoms with Gasteiger partial charge in [0, 0.05) is 37.2 Å². The molecule has 0 aromatic carbocycles. The van der Waals surface area contributed by atoms with Crippen LogP contribution in [0.2, 0.25) is 0 Å². The van der Waals surface area contributed by atoms with Crippen molar-refractivity contribution in [1.82, 2.24) is 14.1 Å². The van der Waals surface area contributed by atoms with E-state index in [9.17, 15) is 23.1 Å². The van der Waals surface area contributed by atoms with E-state index in [0.29, 0.717) is 24.6 Å². The monoisotopic (exact) mass is 468 g/mol. The molecular weight excluding hydrogens is 436 g/mol. The number of nitrogens with zero attached hydrogens (tertiary/aromatic N) is 4. The maximum absolute atomic E-state index is 13.4. The van der Waals surface area contributed by atoms with E-state index in [1.54, 1.807) is 6.08 Å². The number of anilines is 1. The number of ether oxygens (including phenoxy) is 1. The van der Waals surface area contributed by atoms with E-state index in [-0.39, 0.29) is 36.0 Å². The lowest BCUT2D eigenvalue weighted by molar-refractivity contribution is -0.124. The Kier molecular flexibility index (Phi) is 7.29. The second-order valence-corrected chi connectivity index (χ2v) is 10.9. The van der Waals surface area contributed by atoms with Crippen LogP contribution in [0, 0.1) is 11.8 Å². The third-order valence-corrected chi connectivity index (χ3v) is 7.39. The number of sulfonamides is 1. The van der Waals surface area contributed by atoms with Gasteiger partial charge >= 0.3 is 6.16 Å². The molecule has 1 fully saturated rings. The first-order chi connectivity index (χ1) is 15.0. The van der Waals surface area contributed by atoms with Gasteiger partial charge in [-0.05, 0) is 51.5 Å². The van der Waals surface area contributed by atoms with Gasteiger partial charge in [-0.3, -0.25) is 9.69 Å². The van der Waals surface area contributed by atoms with E-state index in [1.807, 2.05) is 13.8 Å². The molecule has 1 aliphatic heterocycles. The van der Waals surface area contributed by atoms with Crippen molar-refractivity contribution in [2.24, 2.45) is 11.8 Å². The highest BCUT2D eigenvalue weighted by Gasteiger charge is 2.34. The number of amides is 1. The van der Waals surface area contributed by atoms with Crippen LogP contribution in [0.4, 0.5) is 10.6 Å². The van der Waals surface area contributed by atoms with Gasteiger partial charge in [-0.15, -0.1) is 5.10 Å². The minimum atomic E-state index is -3.30. The SMILES string of the molecule is CC1CCC(C(=O)N(c2nn(C3=CCN(S(C)(=O)=O)CC3)cc2OC(=O)O)C(C)C)CC1. The molecule has 11 heteroatoms. The Labute approximate surface area is 188 Å². The Morgan fingerprint density at radius 2 is 1.91 bits per heavy atom. The molecule has 1 aliphatic carbocycles. The summed E-state index contributed by atoms with van der Waals surface area (Å²) in [4.78, 5) is 26.2. The lowest BCUT2D eigenvalue weighted by Gasteiger charge is -2.32. The van der Waals surface area contributed by atoms with Crippen molar-refractivity contribution in [3.63, 3.8) is 0 Å². The van der Waals surface area contributed by atoms with E-state index in [0.717, 1.165) is 31.9 Å². The second-order valence-electron chi connectivity index (χ2n) is 8.95. The van der Waals surface area contributed by atoms with Crippen LogP contribution in [0.3, 0.4) is 0 Å². The third kappa shape index (κ3) is 5.50. The van der Waals surface area contributed by atoms with Crippen molar-refractivity contribution in [2.75, 3.05) is 24.2 Å². The molecule has 1 aromatic rings. The molecule has 0 saturated heterocycles. The molecule has 1 N–H and O–H groups in total. The van der Waals surface area contributed by atoms with Crippen LogP contribution >= 0.6 is 0 Å². The van der Waals surface area contributed by atoms with Gasteiger partial charge in [0.2, 0.25) is 21.7 Å². The summed E-state index contributed by atoms with van der Waals surface area (Å²) < 4.78 is 31.3. The van der Waals surface area contributed by atoms with Crippen LogP contribution in [0.25, 0.3) is 5.70 Å². The molecule has 10 nitrogen and oxygen atoms in total. The fourth-order valence-corrected chi connectivity index (χ4v) is 5.05. The average molecular weight is 469 g/mol. The van der Waals surface area contributed by atoms with Gasteiger partial charge in [-0.2, -0.15) is 4.31 Å². The molecule has 0 radical (unpaired) electrons. The zero-order valence-corrected chi connectivity index (χ0v) is 19.8. The Balaban J connectivity index is 1.93. The van der Waals surface area contributed by atoms with Gasteiger partial charge in [0.05, 0.1) is 12.5 Å². The molecule has 178 valence electrons. The van der Waals surface area contributed by atoms with Crippen molar-refractivity contribution < 1.29 is 27.9 Å². The summed E-state index contributed by atoms with van der Waals surface area (Å²) in [6, 6.07) is -0.248. The van der Waals surface area contributed by atoms with Crippen molar-refractivity contribution in [2.45, 2.75) is 58.9 Å². The Bertz CT molecular complexity index is 992. The lowest BCUT2D eigenvalue weighted by atomic mass is 9.82. The van der Waals surface area contributed by atoms with Gasteiger partial charge in [-0.25, -0.2) is 17.9 Å². The molecule has 2 aliphatic rings. The van der Waals surface area contributed by atoms with Crippen LogP contribution in [-0.2, 0) is 14.8 Å². The van der Waals surface area contributed by atoms with Crippen molar-refractivity contribution in [3.8, 4) is 5.75 Å². The molecule has 1 amide bonds. The molecule has 3 rings (SSSR count). The highest BCUT2D eigenvalue weighted by Crippen LogP contribution is 2.35. The van der Waals surface area contributed by atoms with Gasteiger partial charge in [0.1, 0.15) is 0 Å². The minimum absolute atomic E-state index is 0.0184. The summed E-state index contributed by atoms with van der Waals surface area (Å²) in [6.07, 6.45) is 6.81. The van der Waals surface area contributed by atoms with E-state index >= 15 is 0 Å². The smallest absolute Gasteiger partial charge is 0.449 e. The van der Waals surface area contributed by atoms with E-state index in [1.165, 1.54) is 20.1 Å². The second kappa shape index (κ2) is 9.62. The summed E-state index contributed by atoms with van der Waals surface area (Å²) in [7, 11) is -3.30. The van der Waals surface area contributed by atoms with Crippen molar-refractivity contribution in [1.29, 1.82) is 0 Å². The largest absolute Gasteiger partial charge is 0.511 e. The molecule has 1 saturated carbocycles. The topological polar surface area (TPSA) is 122 Å². The number of carboxylic acid groups (broad SMARTS) is 1. The van der Waals surface area contributed by atoms with Gasteiger partial charge in [0.15, 0.2) is 5.75 Å². The molecule has 0 unspecified atom stereocenters. The van der Waals surface area contributed by atoms with Crippen molar-refractivity contribution in [3.05, 3.63) is 12.3 Å². The first-order valence-electron chi connectivity index (χ1n) is 11.0. The fourth-order valence-electron chi connectivity index (χ4n) is 4.29. The number of hydrogen-bond acceptors (Lipinski definition) is 6. The molecule has 2 heterocycles. The van der Waals surface area contributed by atoms with Crippen LogP contribution in [0.1, 0.15) is 52.9 Å². The summed E-state index contributed by atoms with van der Waals surface area (Å²) in [5, 5.41) is 13.7. The van der Waals surface area contributed by atoms with Crippen LogP contribution in [0.15, 0.2) is 12.3 Å². The number of rotatable bonds is 6. The number of carbonyl (C=O) groups excluding carboxylic acids is 1. The Morgan fingerprint density at radius 3 is 2.41 bits per heavy atom. The van der Waals surface area contributed by atoms with Gasteiger partial charge in [-0.1, -0.05) is 6.92 Å². The van der Waals surface area contributed by atoms with Crippen LogP contribution in [0.5, 0.6) is 5.75 Å². The van der Waals surface area contributed by atoms with E-state index < -0.39 is 16.2 Å². The van der Waals surface area contributed by atoms with E-state index in [2.05, 4.69) is 12.0 Å². The number of hydrogen-bond donors (Lipinski definition) is 1. The van der Waals surface area contributed by atoms with Crippen LogP contribution in [-0.4, -0.2) is 65.1 Å². The predicted molar refractivity (Wildman–Crippen MR) is 120 cm³/mol. The predicted octanol–water partition coefficient (Wildman–Crippen LogP) is 3.01. The standard InChI is InChI=1S/C21H32N4O6S/c1-14(2)25(20(26)16-7-5-15(3)6-8-16)19-18(31-21(27)28)13-24(22-19)17-9-11-23(12-10-17)32(4,29)30/h9,13-16H,5-8,10-12H2,1-4H3,(H,27,28). The quantitative estimate of drug-likeness (QED) is 0.637. The zero-order valence-electron chi connectivity index (χ0n) is 19.0. The summed E-state index contributed by atoms with van der Waals surface area (Å²) in [5.41, 5.74) is 0.717. The first kappa shape index (κ1) is 24.2. The lowest BCUT2D eigenvalue weighted by Crippen LogP contribution is -2.42. The molecule has 0 bridgehead atoms. The zero-order chi connectivity index (χ0) is 23.6. The number of aromatic nitrogens is 2. The number of carbonyl (C=O) groups is 2. The normalized spacial score (nSPS) is 22.5. The maximum Gasteiger partial charge on any atom is 0.511 e. The average Bonchev–Trinajstić information content (AvgIpc) is 3.10. The summed E-state index contributed by atoms with van der Waals surface area (Å²) >= 11 is 0. The summed E-state index contributed by atoms with van der Waals surface area (Å²) in [6.45, 7) is 6.39. The Morgan fingerprint density at radius 1 is 1.25 bits per heavy atom. The third-order valence-electron chi connectivity index (χ3n) is 6.12. The molecule has 0 atom stereocenters. The van der Waals surface area contributed by atoms with Gasteiger partial charge in [0.25, 0.3) is 0 Å². The molecular formula is C21H32N4O6S. The minimum Gasteiger partial charge on any atom is -0.449 e. The molecule has 32 heavy (non-hydrogen) atoms. The molecule has 0 spiro atoms. The Hall–Kier alpha value is -2.40. The van der Waals surface area contributed by atoms with E-state index in [4.69, 9.17) is 4.74 Å². The highest BCUT2D eigenvalue weighted by atomic mass is 32.2. The highest BCUT2D eigenvalue weighted by molar-refractivity contribution is 7.88. The first-order valence-corrected chi connectivity index (χ1v) is 12.8. The fraction of sp³-hybridized carbons (Fsp3) is 0.667. The molecule has 1 aromatic heterocycles. The van der Waals surface area contributed by atoms with Gasteiger partial charge < -0.3 is 9.84 Å². The summed E-state index contributed by atoms with van der Waals surface area (Å²) in [5.74, 6) is 0.538. The maximum atomic E-state index is 13.4. The van der Waals surface area contributed by atoms with Crippen molar-refractivity contribution >= 4 is 33.6 Å². The van der Waals surface area contributed by atoms with Crippen LogP contribution < -0.4 is 9.64 Å².